The van der Waals surface area contributed by atoms with Gasteiger partial charge in [0.25, 0.3) is 0 Å². The van der Waals surface area contributed by atoms with Gasteiger partial charge in [0.1, 0.15) is 0 Å². The quantitative estimate of drug-likeness (QED) is 0.648. The lowest BCUT2D eigenvalue weighted by Crippen LogP contribution is -2.37. The normalized spacial score (nSPS) is 26.0. The first-order valence-corrected chi connectivity index (χ1v) is 6.13. The monoisotopic (exact) mass is 221 g/mol. The molecular weight excluding hydrogens is 202 g/mol. The molecule has 2 N–H and O–H groups in total. The molecular formula is C9H19NO3S. The van der Waals surface area contributed by atoms with Crippen LogP contribution in [0.1, 0.15) is 20.3 Å². The van der Waals surface area contributed by atoms with E-state index in [9.17, 15) is 9.00 Å². The van der Waals surface area contributed by atoms with E-state index in [-0.39, 0.29) is 23.3 Å². The summed E-state index contributed by atoms with van der Waals surface area (Å²) in [6, 6.07) is 0.238. The molecule has 0 radical (unpaired) electrons. The van der Waals surface area contributed by atoms with Gasteiger partial charge in [-0.25, -0.2) is 0 Å². The van der Waals surface area contributed by atoms with Gasteiger partial charge in [-0.15, -0.1) is 0 Å². The van der Waals surface area contributed by atoms with Crippen molar-refractivity contribution in [3.05, 3.63) is 0 Å². The summed E-state index contributed by atoms with van der Waals surface area (Å²) < 4.78 is 11.1. The molecule has 0 aromatic carbocycles. The highest BCUT2D eigenvalue weighted by Gasteiger charge is 2.30. The zero-order valence-electron chi connectivity index (χ0n) is 8.95. The lowest BCUT2D eigenvalue weighted by molar-refractivity contribution is -0.134. The molecule has 5 heteroatoms. The minimum Gasteiger partial charge on any atom is -0.412 e. The predicted octanol–water partition coefficient (Wildman–Crippen LogP) is -0.203. The summed E-state index contributed by atoms with van der Waals surface area (Å²) in [5.41, 5.74) is 0. The molecule has 1 aliphatic heterocycles. The van der Waals surface area contributed by atoms with Crippen molar-refractivity contribution in [1.29, 1.82) is 0 Å². The molecule has 2 atom stereocenters. The van der Waals surface area contributed by atoms with Gasteiger partial charge >= 0.3 is 0 Å². The standard InChI is InChI=1S/C9H17NO2S.H2O/c1-7(2)10(3)9(11)8-4-5-13(12)6-8;/h7-8H,4-6H2,1-3H3;1H2. The first-order valence-electron chi connectivity index (χ1n) is 4.64. The van der Waals surface area contributed by atoms with Gasteiger partial charge < -0.3 is 10.4 Å². The van der Waals surface area contributed by atoms with Crippen LogP contribution in [0.3, 0.4) is 0 Å². The Balaban J connectivity index is 0.00000169. The number of rotatable bonds is 2. The third-order valence-corrected chi connectivity index (χ3v) is 4.02. The smallest absolute Gasteiger partial charge is 0.226 e. The van der Waals surface area contributed by atoms with Gasteiger partial charge in [0.05, 0.1) is 5.92 Å². The van der Waals surface area contributed by atoms with Gasteiger partial charge in [-0.2, -0.15) is 0 Å². The topological polar surface area (TPSA) is 68.9 Å². The van der Waals surface area contributed by atoms with Gasteiger partial charge in [0.15, 0.2) is 0 Å². The highest BCUT2D eigenvalue weighted by molar-refractivity contribution is 7.85. The molecule has 14 heavy (non-hydrogen) atoms. The summed E-state index contributed by atoms with van der Waals surface area (Å²) in [5.74, 6) is 1.42. The van der Waals surface area contributed by atoms with Crippen LogP contribution in [0.4, 0.5) is 0 Å². The van der Waals surface area contributed by atoms with Crippen LogP contribution in [-0.4, -0.2) is 45.1 Å². The Bertz CT molecular complexity index is 230. The molecule has 0 aromatic heterocycles. The van der Waals surface area contributed by atoms with Crippen LogP contribution in [0, 0.1) is 5.92 Å². The summed E-state index contributed by atoms with van der Waals surface area (Å²) in [4.78, 5) is 13.5. The minimum atomic E-state index is -0.751. The van der Waals surface area contributed by atoms with E-state index in [0.717, 1.165) is 6.42 Å². The summed E-state index contributed by atoms with van der Waals surface area (Å²) in [7, 11) is 1.06. The van der Waals surface area contributed by atoms with Crippen molar-refractivity contribution in [1.82, 2.24) is 4.90 Å². The van der Waals surface area contributed by atoms with Crippen LogP contribution < -0.4 is 0 Å². The van der Waals surface area contributed by atoms with Gasteiger partial charge in [0.2, 0.25) is 5.91 Å². The molecule has 1 saturated heterocycles. The highest BCUT2D eigenvalue weighted by Crippen LogP contribution is 2.18. The van der Waals surface area contributed by atoms with Crippen molar-refractivity contribution in [2.75, 3.05) is 18.6 Å². The Morgan fingerprint density at radius 2 is 2.07 bits per heavy atom. The Morgan fingerprint density at radius 1 is 1.50 bits per heavy atom. The predicted molar refractivity (Wildman–Crippen MR) is 57.5 cm³/mol. The van der Waals surface area contributed by atoms with E-state index in [1.165, 1.54) is 0 Å². The van der Waals surface area contributed by atoms with Crippen LogP contribution in [0.5, 0.6) is 0 Å². The van der Waals surface area contributed by atoms with Gasteiger partial charge in [0, 0.05) is 35.4 Å². The number of carbonyl (C=O) groups is 1. The first kappa shape index (κ1) is 13.6. The highest BCUT2D eigenvalue weighted by atomic mass is 32.2. The molecule has 0 bridgehead atoms. The lowest BCUT2D eigenvalue weighted by atomic mass is 10.1. The molecule has 1 fully saturated rings. The molecule has 1 aliphatic rings. The number of nitrogens with zero attached hydrogens (tertiary/aromatic N) is 1. The van der Waals surface area contributed by atoms with Crippen molar-refractivity contribution < 1.29 is 14.5 Å². The second-order valence-electron chi connectivity index (χ2n) is 3.84. The Morgan fingerprint density at radius 3 is 2.43 bits per heavy atom. The fraction of sp³-hybridized carbons (Fsp3) is 0.889. The van der Waals surface area contributed by atoms with E-state index >= 15 is 0 Å². The minimum absolute atomic E-state index is 0. The summed E-state index contributed by atoms with van der Waals surface area (Å²) in [6.45, 7) is 3.98. The van der Waals surface area contributed by atoms with E-state index in [4.69, 9.17) is 0 Å². The van der Waals surface area contributed by atoms with E-state index in [1.54, 1.807) is 4.90 Å². The van der Waals surface area contributed by atoms with Crippen molar-refractivity contribution >= 4 is 16.7 Å². The van der Waals surface area contributed by atoms with E-state index in [1.807, 2.05) is 20.9 Å². The molecule has 1 rings (SSSR count). The van der Waals surface area contributed by atoms with Crippen LogP contribution in [-0.2, 0) is 15.6 Å². The molecule has 2 unspecified atom stereocenters. The molecule has 0 aliphatic carbocycles. The number of hydrogen-bond acceptors (Lipinski definition) is 2. The Labute approximate surface area is 87.4 Å². The van der Waals surface area contributed by atoms with E-state index in [2.05, 4.69) is 0 Å². The Hall–Kier alpha value is -0.420. The fourth-order valence-corrected chi connectivity index (χ4v) is 2.87. The maximum atomic E-state index is 11.7. The van der Waals surface area contributed by atoms with Crippen molar-refractivity contribution in [3.63, 3.8) is 0 Å². The van der Waals surface area contributed by atoms with Crippen LogP contribution in [0.25, 0.3) is 0 Å². The maximum Gasteiger partial charge on any atom is 0.226 e. The summed E-state index contributed by atoms with van der Waals surface area (Å²) in [5, 5.41) is 0. The summed E-state index contributed by atoms with van der Waals surface area (Å²) >= 11 is 0. The molecule has 1 amide bonds. The fourth-order valence-electron chi connectivity index (χ4n) is 1.40. The number of amides is 1. The van der Waals surface area contributed by atoms with E-state index < -0.39 is 10.8 Å². The third-order valence-electron chi connectivity index (χ3n) is 2.55. The maximum absolute atomic E-state index is 11.7. The van der Waals surface area contributed by atoms with Gasteiger partial charge in [-0.1, -0.05) is 0 Å². The Kier molecular flexibility index (Phi) is 5.29. The van der Waals surface area contributed by atoms with Crippen LogP contribution in [0.2, 0.25) is 0 Å². The van der Waals surface area contributed by atoms with Crippen molar-refractivity contribution in [3.8, 4) is 0 Å². The third kappa shape index (κ3) is 3.06. The second-order valence-corrected chi connectivity index (χ2v) is 5.46. The molecule has 1 heterocycles. The van der Waals surface area contributed by atoms with Crippen LogP contribution >= 0.6 is 0 Å². The molecule has 84 valence electrons. The van der Waals surface area contributed by atoms with Gasteiger partial charge in [-0.05, 0) is 20.3 Å². The molecule has 0 aromatic rings. The largest absolute Gasteiger partial charge is 0.412 e. The van der Waals surface area contributed by atoms with E-state index in [0.29, 0.717) is 11.5 Å². The zero-order valence-corrected chi connectivity index (χ0v) is 9.76. The molecule has 4 nitrogen and oxygen atoms in total. The van der Waals surface area contributed by atoms with Gasteiger partial charge in [-0.3, -0.25) is 9.00 Å². The van der Waals surface area contributed by atoms with Crippen molar-refractivity contribution in [2.45, 2.75) is 26.3 Å². The van der Waals surface area contributed by atoms with Crippen molar-refractivity contribution in [2.24, 2.45) is 5.92 Å². The average Bonchev–Trinajstić information content (AvgIpc) is 2.49. The average molecular weight is 221 g/mol. The van der Waals surface area contributed by atoms with Crippen LogP contribution in [0.15, 0.2) is 0 Å². The number of carbonyl (C=O) groups excluding carboxylic acids is 1. The lowest BCUT2D eigenvalue weighted by Gasteiger charge is -2.24. The first-order chi connectivity index (χ1) is 6.02. The molecule has 0 spiro atoms. The second kappa shape index (κ2) is 5.46. The molecule has 0 saturated carbocycles. The summed E-state index contributed by atoms with van der Waals surface area (Å²) in [6.07, 6.45) is 0.794. The SMILES string of the molecule is CC(C)N(C)C(=O)C1CCS(=O)C1.O. The zero-order chi connectivity index (χ0) is 10.0. The number of hydrogen-bond donors (Lipinski definition) is 0.